The van der Waals surface area contributed by atoms with Gasteiger partial charge in [-0.05, 0) is 38.6 Å². The third-order valence-electron chi connectivity index (χ3n) is 3.12. The molecule has 108 valence electrons. The van der Waals surface area contributed by atoms with Crippen LogP contribution in [0.3, 0.4) is 0 Å². The first-order valence-corrected chi connectivity index (χ1v) is 8.11. The summed E-state index contributed by atoms with van der Waals surface area (Å²) in [6, 6.07) is 6.77. The first kappa shape index (κ1) is 16.5. The molecular formula is C16H27BrN2. The molecule has 0 fully saturated rings. The van der Waals surface area contributed by atoms with Gasteiger partial charge in [-0.1, -0.05) is 47.5 Å². The summed E-state index contributed by atoms with van der Waals surface area (Å²) in [6.45, 7) is 9.99. The quantitative estimate of drug-likeness (QED) is 0.701. The maximum Gasteiger partial charge on any atom is 0.0408 e. The summed E-state index contributed by atoms with van der Waals surface area (Å²) in [5, 5.41) is 0.917. The molecule has 0 N–H and O–H groups in total. The molecule has 0 aliphatic heterocycles. The van der Waals surface area contributed by atoms with Crippen molar-refractivity contribution >= 4 is 21.6 Å². The van der Waals surface area contributed by atoms with Gasteiger partial charge < -0.3 is 9.80 Å². The van der Waals surface area contributed by atoms with Crippen LogP contribution in [0, 0.1) is 12.8 Å². The van der Waals surface area contributed by atoms with Crippen molar-refractivity contribution in [2.75, 3.05) is 38.6 Å². The highest BCUT2D eigenvalue weighted by molar-refractivity contribution is 9.08. The number of hydrogen-bond donors (Lipinski definition) is 0. The molecule has 0 aliphatic rings. The summed E-state index contributed by atoms with van der Waals surface area (Å²) in [7, 11) is 4.27. The number of alkyl halides is 1. The summed E-state index contributed by atoms with van der Waals surface area (Å²) in [6.07, 6.45) is 0. The van der Waals surface area contributed by atoms with Crippen molar-refractivity contribution in [1.82, 2.24) is 4.90 Å². The van der Waals surface area contributed by atoms with Gasteiger partial charge in [0.15, 0.2) is 0 Å². The molecule has 3 heteroatoms. The minimum Gasteiger partial charge on any atom is -0.370 e. The van der Waals surface area contributed by atoms with E-state index in [-0.39, 0.29) is 0 Å². The van der Waals surface area contributed by atoms with Crippen LogP contribution in [0.5, 0.6) is 0 Å². The molecule has 0 bridgehead atoms. The zero-order valence-corrected chi connectivity index (χ0v) is 14.5. The Bertz CT molecular complexity index is 388. The second-order valence-corrected chi connectivity index (χ2v) is 6.47. The van der Waals surface area contributed by atoms with Gasteiger partial charge in [-0.15, -0.1) is 0 Å². The fraction of sp³-hybridized carbons (Fsp3) is 0.625. The molecule has 1 aromatic rings. The van der Waals surface area contributed by atoms with Gasteiger partial charge in [0.05, 0.1) is 0 Å². The van der Waals surface area contributed by atoms with E-state index >= 15 is 0 Å². The minimum absolute atomic E-state index is 0.673. The number of rotatable bonds is 7. The lowest BCUT2D eigenvalue weighted by Gasteiger charge is -2.30. The van der Waals surface area contributed by atoms with Gasteiger partial charge in [-0.25, -0.2) is 0 Å². The Balaban J connectivity index is 2.95. The molecule has 0 saturated carbocycles. The molecular weight excluding hydrogens is 300 g/mol. The molecule has 0 amide bonds. The van der Waals surface area contributed by atoms with Gasteiger partial charge in [-0.3, -0.25) is 0 Å². The second kappa shape index (κ2) is 7.91. The summed E-state index contributed by atoms with van der Waals surface area (Å²) in [4.78, 5) is 4.76. The third-order valence-corrected chi connectivity index (χ3v) is 3.73. The summed E-state index contributed by atoms with van der Waals surface area (Å²) < 4.78 is 0. The Morgan fingerprint density at radius 1 is 1.16 bits per heavy atom. The lowest BCUT2D eigenvalue weighted by molar-refractivity contribution is 0.409. The van der Waals surface area contributed by atoms with Crippen LogP contribution in [0.2, 0.25) is 0 Å². The molecule has 2 nitrogen and oxygen atoms in total. The van der Waals surface area contributed by atoms with Crippen molar-refractivity contribution in [2.45, 2.75) is 26.1 Å². The molecule has 0 heterocycles. The Kier molecular flexibility index (Phi) is 6.87. The maximum atomic E-state index is 3.62. The molecule has 0 unspecified atom stereocenters. The van der Waals surface area contributed by atoms with Crippen molar-refractivity contribution in [3.8, 4) is 0 Å². The van der Waals surface area contributed by atoms with Crippen molar-refractivity contribution in [3.05, 3.63) is 29.3 Å². The van der Waals surface area contributed by atoms with Gasteiger partial charge in [0.1, 0.15) is 0 Å². The van der Waals surface area contributed by atoms with Crippen LogP contribution in [0.25, 0.3) is 0 Å². The summed E-state index contributed by atoms with van der Waals surface area (Å²) in [5.74, 6) is 0.673. The maximum absolute atomic E-state index is 3.62. The number of halogens is 1. The van der Waals surface area contributed by atoms with Crippen molar-refractivity contribution in [2.24, 2.45) is 5.92 Å². The number of nitrogens with zero attached hydrogens (tertiary/aromatic N) is 2. The number of anilines is 1. The lowest BCUT2D eigenvalue weighted by Crippen LogP contribution is -2.35. The predicted octanol–water partition coefficient (Wildman–Crippen LogP) is 3.91. The highest BCUT2D eigenvalue weighted by atomic mass is 79.9. The SMILES string of the molecule is Cc1ccc(N(CCN(C)C)CC(C)C)c(CBr)c1. The molecule has 1 rings (SSSR count). The molecule has 0 spiro atoms. The van der Waals surface area contributed by atoms with E-state index in [0.29, 0.717) is 5.92 Å². The van der Waals surface area contributed by atoms with Crippen molar-refractivity contribution < 1.29 is 0 Å². The number of benzene rings is 1. The van der Waals surface area contributed by atoms with E-state index in [1.165, 1.54) is 16.8 Å². The van der Waals surface area contributed by atoms with Crippen LogP contribution in [0.15, 0.2) is 18.2 Å². The first-order valence-electron chi connectivity index (χ1n) is 6.99. The topological polar surface area (TPSA) is 6.48 Å². The van der Waals surface area contributed by atoms with Gasteiger partial charge in [0, 0.05) is 30.7 Å². The van der Waals surface area contributed by atoms with Crippen LogP contribution < -0.4 is 4.90 Å². The fourth-order valence-corrected chi connectivity index (χ4v) is 2.65. The third kappa shape index (κ3) is 5.53. The van der Waals surface area contributed by atoms with Gasteiger partial charge in [-0.2, -0.15) is 0 Å². The summed E-state index contributed by atoms with van der Waals surface area (Å²) in [5.41, 5.74) is 4.09. The fourth-order valence-electron chi connectivity index (χ4n) is 2.20. The normalized spacial score (nSPS) is 11.4. The molecule has 0 atom stereocenters. The zero-order chi connectivity index (χ0) is 14.4. The van der Waals surface area contributed by atoms with E-state index < -0.39 is 0 Å². The van der Waals surface area contributed by atoms with Gasteiger partial charge >= 0.3 is 0 Å². The Labute approximate surface area is 126 Å². The number of likely N-dealkylation sites (N-methyl/N-ethyl adjacent to an activating group) is 1. The molecule has 0 radical (unpaired) electrons. The Morgan fingerprint density at radius 2 is 1.84 bits per heavy atom. The standard InChI is InChI=1S/C16H27BrN2/c1-13(2)12-19(9-8-18(4)5)16-7-6-14(3)10-15(16)11-17/h6-7,10,13H,8-9,11-12H2,1-5H3. The number of aryl methyl sites for hydroxylation is 1. The van der Waals surface area contributed by atoms with E-state index in [1.807, 2.05) is 0 Å². The Hall–Kier alpha value is -0.540. The van der Waals surface area contributed by atoms with E-state index in [9.17, 15) is 0 Å². The van der Waals surface area contributed by atoms with E-state index in [4.69, 9.17) is 0 Å². The molecule has 19 heavy (non-hydrogen) atoms. The second-order valence-electron chi connectivity index (χ2n) is 5.91. The molecule has 0 saturated heterocycles. The van der Waals surface area contributed by atoms with Gasteiger partial charge in [0.2, 0.25) is 0 Å². The van der Waals surface area contributed by atoms with Crippen LogP contribution in [-0.2, 0) is 5.33 Å². The average Bonchev–Trinajstić information content (AvgIpc) is 2.33. The van der Waals surface area contributed by atoms with Crippen LogP contribution in [0.4, 0.5) is 5.69 Å². The average molecular weight is 327 g/mol. The number of hydrogen-bond acceptors (Lipinski definition) is 2. The largest absolute Gasteiger partial charge is 0.370 e. The van der Waals surface area contributed by atoms with Crippen molar-refractivity contribution in [3.63, 3.8) is 0 Å². The summed E-state index contributed by atoms with van der Waals surface area (Å²) >= 11 is 3.62. The van der Waals surface area contributed by atoms with Crippen LogP contribution in [0.1, 0.15) is 25.0 Å². The van der Waals surface area contributed by atoms with Crippen LogP contribution in [-0.4, -0.2) is 38.6 Å². The molecule has 0 aromatic heterocycles. The smallest absolute Gasteiger partial charge is 0.0408 e. The zero-order valence-electron chi connectivity index (χ0n) is 12.9. The minimum atomic E-state index is 0.673. The molecule has 0 aliphatic carbocycles. The molecule has 1 aromatic carbocycles. The van der Waals surface area contributed by atoms with Crippen molar-refractivity contribution in [1.29, 1.82) is 0 Å². The van der Waals surface area contributed by atoms with E-state index in [1.54, 1.807) is 0 Å². The van der Waals surface area contributed by atoms with Crippen LogP contribution >= 0.6 is 15.9 Å². The van der Waals surface area contributed by atoms with Gasteiger partial charge in [0.25, 0.3) is 0 Å². The first-order chi connectivity index (χ1) is 8.93. The monoisotopic (exact) mass is 326 g/mol. The highest BCUT2D eigenvalue weighted by Gasteiger charge is 2.12. The van der Waals surface area contributed by atoms with E-state index in [0.717, 1.165) is 25.0 Å². The Morgan fingerprint density at radius 3 is 2.37 bits per heavy atom. The lowest BCUT2D eigenvalue weighted by atomic mass is 10.1. The predicted molar refractivity (Wildman–Crippen MR) is 89.4 cm³/mol. The highest BCUT2D eigenvalue weighted by Crippen LogP contribution is 2.25. The van der Waals surface area contributed by atoms with E-state index in [2.05, 4.69) is 78.8 Å².